The molecule has 0 bridgehead atoms. The fourth-order valence-electron chi connectivity index (χ4n) is 1.38. The molecule has 0 aromatic heterocycles. The van der Waals surface area contributed by atoms with Crippen molar-refractivity contribution in [2.24, 2.45) is 0 Å². The molecule has 1 aromatic carbocycles. The minimum Gasteiger partial charge on any atom is -0.423 e. The Morgan fingerprint density at radius 2 is 1.94 bits per heavy atom. The van der Waals surface area contributed by atoms with Crippen LogP contribution in [0.4, 0.5) is 13.2 Å². The summed E-state index contributed by atoms with van der Waals surface area (Å²) in [5.41, 5.74) is -0.408. The Labute approximate surface area is 95.0 Å². The molecular formula is C12H7F3O2. The number of hydrogen-bond donors (Lipinski definition) is 0. The zero-order chi connectivity index (χ0) is 12.5. The summed E-state index contributed by atoms with van der Waals surface area (Å²) in [6.07, 6.45) is -0.393. The normalized spacial score (nSPS) is 17.6. The lowest BCUT2D eigenvalue weighted by atomic mass is 10.1. The third-order valence-electron chi connectivity index (χ3n) is 2.13. The molecule has 1 heterocycles. The Kier molecular flexibility index (Phi) is 2.75. The van der Waals surface area contributed by atoms with Crippen LogP contribution in [0.1, 0.15) is 11.1 Å². The molecule has 5 heteroatoms. The maximum Gasteiger partial charge on any atom is 0.416 e. The van der Waals surface area contributed by atoms with Crippen molar-refractivity contribution in [2.45, 2.75) is 6.18 Å². The van der Waals surface area contributed by atoms with E-state index in [4.69, 9.17) is 4.74 Å². The first-order valence-electron chi connectivity index (χ1n) is 4.74. The van der Waals surface area contributed by atoms with E-state index in [1.54, 1.807) is 0 Å². The van der Waals surface area contributed by atoms with E-state index >= 15 is 0 Å². The zero-order valence-electron chi connectivity index (χ0n) is 8.49. The summed E-state index contributed by atoms with van der Waals surface area (Å²) < 4.78 is 42.0. The highest BCUT2D eigenvalue weighted by molar-refractivity contribution is 5.87. The van der Waals surface area contributed by atoms with Crippen molar-refractivity contribution in [3.63, 3.8) is 0 Å². The molecule has 1 aromatic rings. The highest BCUT2D eigenvalue weighted by Crippen LogP contribution is 2.30. The van der Waals surface area contributed by atoms with Crippen LogP contribution in [-0.4, -0.2) is 5.97 Å². The number of rotatable bonds is 1. The molecule has 0 radical (unpaired) electrons. The quantitative estimate of drug-likeness (QED) is 0.705. The second-order valence-corrected chi connectivity index (χ2v) is 3.42. The Morgan fingerprint density at radius 1 is 1.18 bits per heavy atom. The number of cyclic esters (lactones) is 1. The topological polar surface area (TPSA) is 26.3 Å². The summed E-state index contributed by atoms with van der Waals surface area (Å²) in [5.74, 6) is -0.294. The number of hydrogen-bond acceptors (Lipinski definition) is 2. The highest BCUT2D eigenvalue weighted by Gasteiger charge is 2.30. The van der Waals surface area contributed by atoms with E-state index in [2.05, 4.69) is 0 Å². The van der Waals surface area contributed by atoms with Crippen molar-refractivity contribution in [1.29, 1.82) is 0 Å². The molecule has 0 saturated heterocycles. The van der Waals surface area contributed by atoms with E-state index in [1.165, 1.54) is 30.4 Å². The summed E-state index contributed by atoms with van der Waals surface area (Å²) >= 11 is 0. The molecule has 1 aliphatic rings. The van der Waals surface area contributed by atoms with Crippen LogP contribution in [0, 0.1) is 0 Å². The number of allylic oxidation sites excluding steroid dienone is 1. The van der Waals surface area contributed by atoms with Gasteiger partial charge in [-0.15, -0.1) is 0 Å². The Morgan fingerprint density at radius 3 is 2.53 bits per heavy atom. The SMILES string of the molecule is O=C1C=CC(=Cc2cccc(C(F)(F)F)c2)O1. The van der Waals surface area contributed by atoms with E-state index in [0.717, 1.165) is 12.1 Å². The molecule has 0 aliphatic carbocycles. The third kappa shape index (κ3) is 2.75. The zero-order valence-corrected chi connectivity index (χ0v) is 8.49. The number of carbonyl (C=O) groups is 1. The van der Waals surface area contributed by atoms with E-state index < -0.39 is 17.7 Å². The van der Waals surface area contributed by atoms with Gasteiger partial charge in [-0.25, -0.2) is 4.79 Å². The van der Waals surface area contributed by atoms with Gasteiger partial charge in [0.2, 0.25) is 0 Å². The van der Waals surface area contributed by atoms with Crippen LogP contribution in [0.15, 0.2) is 42.2 Å². The second kappa shape index (κ2) is 4.08. The molecule has 17 heavy (non-hydrogen) atoms. The molecular weight excluding hydrogens is 233 g/mol. The molecule has 0 N–H and O–H groups in total. The molecule has 0 spiro atoms. The number of ether oxygens (including phenoxy) is 1. The predicted molar refractivity (Wildman–Crippen MR) is 54.7 cm³/mol. The summed E-state index contributed by atoms with van der Waals surface area (Å²) in [4.78, 5) is 10.7. The first-order valence-corrected chi connectivity index (χ1v) is 4.74. The van der Waals surface area contributed by atoms with Gasteiger partial charge in [-0.1, -0.05) is 12.1 Å². The van der Waals surface area contributed by atoms with E-state index in [9.17, 15) is 18.0 Å². The largest absolute Gasteiger partial charge is 0.423 e. The number of carbonyl (C=O) groups excluding carboxylic acids is 1. The minimum absolute atomic E-state index is 0.231. The number of alkyl halides is 3. The maximum atomic E-state index is 12.4. The lowest BCUT2D eigenvalue weighted by Gasteiger charge is -2.06. The number of halogens is 3. The lowest BCUT2D eigenvalue weighted by molar-refractivity contribution is -0.137. The average molecular weight is 240 g/mol. The van der Waals surface area contributed by atoms with E-state index in [0.29, 0.717) is 5.56 Å². The van der Waals surface area contributed by atoms with Gasteiger partial charge in [0.1, 0.15) is 5.76 Å². The van der Waals surface area contributed by atoms with Gasteiger partial charge in [0, 0.05) is 6.08 Å². The van der Waals surface area contributed by atoms with Crippen LogP contribution >= 0.6 is 0 Å². The minimum atomic E-state index is -4.38. The molecule has 0 atom stereocenters. The van der Waals surface area contributed by atoms with Gasteiger partial charge >= 0.3 is 12.1 Å². The van der Waals surface area contributed by atoms with Gasteiger partial charge in [0.25, 0.3) is 0 Å². The van der Waals surface area contributed by atoms with Crippen LogP contribution in [0.5, 0.6) is 0 Å². The smallest absolute Gasteiger partial charge is 0.416 e. The van der Waals surface area contributed by atoms with Gasteiger partial charge in [-0.2, -0.15) is 13.2 Å². The molecule has 0 amide bonds. The first kappa shape index (κ1) is 11.4. The summed E-state index contributed by atoms with van der Waals surface area (Å²) in [6.45, 7) is 0. The maximum absolute atomic E-state index is 12.4. The van der Waals surface area contributed by atoms with Crippen LogP contribution in [0.2, 0.25) is 0 Å². The van der Waals surface area contributed by atoms with Crippen molar-refractivity contribution >= 4 is 12.0 Å². The monoisotopic (exact) mass is 240 g/mol. The highest BCUT2D eigenvalue weighted by atomic mass is 19.4. The molecule has 0 fully saturated rings. The Balaban J connectivity index is 2.29. The average Bonchev–Trinajstić information content (AvgIpc) is 2.63. The van der Waals surface area contributed by atoms with Crippen molar-refractivity contribution in [3.05, 3.63) is 53.3 Å². The molecule has 2 rings (SSSR count). The molecule has 1 aliphatic heterocycles. The number of esters is 1. The summed E-state index contributed by atoms with van der Waals surface area (Å²) in [7, 11) is 0. The van der Waals surface area contributed by atoms with Gasteiger partial charge in [0.15, 0.2) is 0 Å². The molecule has 88 valence electrons. The Hall–Kier alpha value is -2.04. The van der Waals surface area contributed by atoms with Crippen molar-refractivity contribution in [2.75, 3.05) is 0 Å². The van der Waals surface area contributed by atoms with Crippen LogP contribution in [0.25, 0.3) is 6.08 Å². The van der Waals surface area contributed by atoms with Crippen molar-refractivity contribution < 1.29 is 22.7 Å². The number of benzene rings is 1. The predicted octanol–water partition coefficient (Wildman–Crippen LogP) is 3.16. The second-order valence-electron chi connectivity index (χ2n) is 3.42. The summed E-state index contributed by atoms with van der Waals surface area (Å²) in [5, 5.41) is 0. The standard InChI is InChI=1S/C12H7F3O2/c13-12(14,15)9-3-1-2-8(6-9)7-10-4-5-11(16)17-10/h1-7H. The molecule has 0 unspecified atom stereocenters. The van der Waals surface area contributed by atoms with Crippen LogP contribution in [0.3, 0.4) is 0 Å². The van der Waals surface area contributed by atoms with Gasteiger partial charge in [-0.3, -0.25) is 0 Å². The Bertz CT molecular complexity index is 513. The van der Waals surface area contributed by atoms with Crippen LogP contribution < -0.4 is 0 Å². The third-order valence-corrected chi connectivity index (χ3v) is 2.13. The fourth-order valence-corrected chi connectivity index (χ4v) is 1.38. The molecule has 2 nitrogen and oxygen atoms in total. The van der Waals surface area contributed by atoms with Gasteiger partial charge in [-0.05, 0) is 29.8 Å². The lowest BCUT2D eigenvalue weighted by Crippen LogP contribution is -2.04. The van der Waals surface area contributed by atoms with Crippen molar-refractivity contribution in [1.82, 2.24) is 0 Å². The van der Waals surface area contributed by atoms with Gasteiger partial charge < -0.3 is 4.74 Å². The first-order chi connectivity index (χ1) is 7.95. The summed E-state index contributed by atoms with van der Waals surface area (Å²) in [6, 6.07) is 4.78. The van der Waals surface area contributed by atoms with E-state index in [-0.39, 0.29) is 5.76 Å². The van der Waals surface area contributed by atoms with Crippen molar-refractivity contribution in [3.8, 4) is 0 Å². The fraction of sp³-hybridized carbons (Fsp3) is 0.0833. The molecule has 0 saturated carbocycles. The van der Waals surface area contributed by atoms with Crippen LogP contribution in [-0.2, 0) is 15.7 Å². The van der Waals surface area contributed by atoms with Gasteiger partial charge in [0.05, 0.1) is 5.56 Å². The van der Waals surface area contributed by atoms with E-state index in [1.807, 2.05) is 0 Å².